The first kappa shape index (κ1) is 18.5. The summed E-state index contributed by atoms with van der Waals surface area (Å²) < 4.78 is 21.7. The number of hydrogen-bond donors (Lipinski definition) is 1. The molecule has 2 fully saturated rings. The third-order valence-electron chi connectivity index (χ3n) is 4.69. The molecule has 2 aliphatic heterocycles. The van der Waals surface area contributed by atoms with Crippen molar-refractivity contribution in [3.05, 3.63) is 18.2 Å². The molecule has 2 aliphatic rings. The highest BCUT2D eigenvalue weighted by Gasteiger charge is 2.40. The predicted molar refractivity (Wildman–Crippen MR) is 93.2 cm³/mol. The Labute approximate surface area is 152 Å². The van der Waals surface area contributed by atoms with Gasteiger partial charge in [0, 0.05) is 32.0 Å². The minimum absolute atomic E-state index is 0.206. The van der Waals surface area contributed by atoms with Crippen molar-refractivity contribution in [3.63, 3.8) is 0 Å². The number of carbonyl (C=O) groups is 2. The van der Waals surface area contributed by atoms with Gasteiger partial charge in [-0.25, -0.2) is 0 Å². The summed E-state index contributed by atoms with van der Waals surface area (Å²) in [4.78, 5) is 26.3. The molecule has 2 saturated heterocycles. The third-order valence-corrected chi connectivity index (χ3v) is 4.69. The Morgan fingerprint density at radius 1 is 1.15 bits per heavy atom. The van der Waals surface area contributed by atoms with Crippen molar-refractivity contribution in [3.8, 4) is 11.5 Å². The maximum Gasteiger partial charge on any atom is 0.233 e. The number of likely N-dealkylation sites (tertiary alicyclic amines) is 1. The number of amides is 2. The SMILES string of the molecule is COc1ccc(NC(=O)CC(=O)N2CCC3(CC2)OCCO3)c(OC)c1. The molecule has 26 heavy (non-hydrogen) atoms. The van der Waals surface area contributed by atoms with E-state index in [1.54, 1.807) is 30.2 Å². The molecule has 8 heteroatoms. The maximum absolute atomic E-state index is 12.4. The highest BCUT2D eigenvalue weighted by molar-refractivity contribution is 6.04. The lowest BCUT2D eigenvalue weighted by Crippen LogP contribution is -2.47. The summed E-state index contributed by atoms with van der Waals surface area (Å²) in [6, 6.07) is 5.06. The van der Waals surface area contributed by atoms with Crippen LogP contribution in [0.15, 0.2) is 18.2 Å². The Bertz CT molecular complexity index is 662. The molecular weight excluding hydrogens is 340 g/mol. The van der Waals surface area contributed by atoms with Crippen molar-refractivity contribution in [2.24, 2.45) is 0 Å². The minimum atomic E-state index is -0.532. The van der Waals surface area contributed by atoms with Gasteiger partial charge in [0.05, 0.1) is 33.1 Å². The number of nitrogens with one attached hydrogen (secondary N) is 1. The molecule has 0 aliphatic carbocycles. The standard InChI is InChI=1S/C18H24N2O6/c1-23-13-3-4-14(15(11-13)24-2)19-16(21)12-17(22)20-7-5-18(6-8-20)25-9-10-26-18/h3-4,11H,5-10,12H2,1-2H3,(H,19,21). The fourth-order valence-electron chi connectivity index (χ4n) is 3.23. The van der Waals surface area contributed by atoms with Gasteiger partial charge in [-0.1, -0.05) is 0 Å². The Hall–Kier alpha value is -2.32. The summed E-state index contributed by atoms with van der Waals surface area (Å²) in [6.45, 7) is 2.25. The van der Waals surface area contributed by atoms with Gasteiger partial charge in [-0.15, -0.1) is 0 Å². The Balaban J connectivity index is 1.53. The van der Waals surface area contributed by atoms with E-state index in [1.807, 2.05) is 0 Å². The fraction of sp³-hybridized carbons (Fsp3) is 0.556. The monoisotopic (exact) mass is 364 g/mol. The average Bonchev–Trinajstić information content (AvgIpc) is 3.10. The van der Waals surface area contributed by atoms with E-state index < -0.39 is 5.79 Å². The average molecular weight is 364 g/mol. The molecule has 0 aromatic heterocycles. The number of piperidine rings is 1. The Morgan fingerprint density at radius 3 is 2.46 bits per heavy atom. The van der Waals surface area contributed by atoms with E-state index in [0.717, 1.165) is 0 Å². The Morgan fingerprint density at radius 2 is 1.85 bits per heavy atom. The van der Waals surface area contributed by atoms with Crippen LogP contribution in [0.4, 0.5) is 5.69 Å². The molecule has 0 unspecified atom stereocenters. The molecule has 0 atom stereocenters. The largest absolute Gasteiger partial charge is 0.497 e. The second-order valence-corrected chi connectivity index (χ2v) is 6.28. The van der Waals surface area contributed by atoms with Crippen LogP contribution in [-0.4, -0.2) is 63.0 Å². The second kappa shape index (κ2) is 7.92. The number of hydrogen-bond acceptors (Lipinski definition) is 6. The van der Waals surface area contributed by atoms with E-state index in [0.29, 0.717) is 56.3 Å². The van der Waals surface area contributed by atoms with E-state index in [2.05, 4.69) is 5.32 Å². The number of carbonyl (C=O) groups excluding carboxylic acids is 2. The molecule has 2 amide bonds. The van der Waals surface area contributed by atoms with Gasteiger partial charge in [-0.2, -0.15) is 0 Å². The molecule has 1 aromatic carbocycles. The number of methoxy groups -OCH3 is 2. The summed E-state index contributed by atoms with van der Waals surface area (Å²) in [6.07, 6.45) is 1.04. The van der Waals surface area contributed by atoms with Gasteiger partial charge in [0.2, 0.25) is 11.8 Å². The molecule has 142 valence electrons. The van der Waals surface area contributed by atoms with Crippen molar-refractivity contribution >= 4 is 17.5 Å². The first-order valence-electron chi connectivity index (χ1n) is 8.63. The predicted octanol–water partition coefficient (Wildman–Crippen LogP) is 1.40. The minimum Gasteiger partial charge on any atom is -0.497 e. The van der Waals surface area contributed by atoms with E-state index in [4.69, 9.17) is 18.9 Å². The van der Waals surface area contributed by atoms with Gasteiger partial charge in [0.25, 0.3) is 0 Å². The summed E-state index contributed by atoms with van der Waals surface area (Å²) in [5.41, 5.74) is 0.497. The lowest BCUT2D eigenvalue weighted by molar-refractivity contribution is -0.187. The van der Waals surface area contributed by atoms with E-state index in [-0.39, 0.29) is 18.2 Å². The van der Waals surface area contributed by atoms with E-state index in [9.17, 15) is 9.59 Å². The van der Waals surface area contributed by atoms with Gasteiger partial charge in [0.15, 0.2) is 5.79 Å². The Kier molecular flexibility index (Phi) is 5.63. The zero-order valence-corrected chi connectivity index (χ0v) is 15.1. The number of benzene rings is 1. The van der Waals surface area contributed by atoms with Crippen LogP contribution in [0.1, 0.15) is 19.3 Å². The number of ether oxygens (including phenoxy) is 4. The highest BCUT2D eigenvalue weighted by Crippen LogP contribution is 2.32. The smallest absolute Gasteiger partial charge is 0.233 e. The molecule has 1 spiro atoms. The van der Waals surface area contributed by atoms with Gasteiger partial charge in [0.1, 0.15) is 17.9 Å². The van der Waals surface area contributed by atoms with Crippen LogP contribution in [-0.2, 0) is 19.1 Å². The highest BCUT2D eigenvalue weighted by atomic mass is 16.7. The van der Waals surface area contributed by atoms with Gasteiger partial charge < -0.3 is 29.2 Å². The topological polar surface area (TPSA) is 86.3 Å². The number of anilines is 1. The summed E-state index contributed by atoms with van der Waals surface area (Å²) >= 11 is 0. The first-order valence-corrected chi connectivity index (χ1v) is 8.63. The first-order chi connectivity index (χ1) is 12.5. The summed E-state index contributed by atoms with van der Waals surface area (Å²) in [5, 5.41) is 2.71. The second-order valence-electron chi connectivity index (χ2n) is 6.28. The van der Waals surface area contributed by atoms with E-state index in [1.165, 1.54) is 7.11 Å². The zero-order valence-electron chi connectivity index (χ0n) is 15.1. The molecular formula is C18H24N2O6. The molecule has 8 nitrogen and oxygen atoms in total. The zero-order chi connectivity index (χ0) is 18.6. The van der Waals surface area contributed by atoms with Crippen molar-refractivity contribution in [1.82, 2.24) is 4.90 Å². The van der Waals surface area contributed by atoms with Crippen molar-refractivity contribution < 1.29 is 28.5 Å². The van der Waals surface area contributed by atoms with Crippen molar-refractivity contribution in [1.29, 1.82) is 0 Å². The van der Waals surface area contributed by atoms with Crippen LogP contribution in [0.2, 0.25) is 0 Å². The van der Waals surface area contributed by atoms with Gasteiger partial charge in [-0.3, -0.25) is 9.59 Å². The summed E-state index contributed by atoms with van der Waals surface area (Å²) in [5.74, 6) is -0.0276. The van der Waals surface area contributed by atoms with Crippen LogP contribution in [0, 0.1) is 0 Å². The van der Waals surface area contributed by atoms with Gasteiger partial charge >= 0.3 is 0 Å². The van der Waals surface area contributed by atoms with Crippen molar-refractivity contribution in [2.45, 2.75) is 25.0 Å². The van der Waals surface area contributed by atoms with Crippen LogP contribution in [0.5, 0.6) is 11.5 Å². The summed E-state index contributed by atoms with van der Waals surface area (Å²) in [7, 11) is 3.06. The maximum atomic E-state index is 12.4. The fourth-order valence-corrected chi connectivity index (χ4v) is 3.23. The lowest BCUT2D eigenvalue weighted by atomic mass is 10.0. The van der Waals surface area contributed by atoms with E-state index >= 15 is 0 Å². The molecule has 0 radical (unpaired) electrons. The molecule has 1 N–H and O–H groups in total. The van der Waals surface area contributed by atoms with Crippen LogP contribution in [0.25, 0.3) is 0 Å². The lowest BCUT2D eigenvalue weighted by Gasteiger charge is -2.37. The molecule has 1 aromatic rings. The normalized spacial score (nSPS) is 18.6. The number of nitrogens with zero attached hydrogens (tertiary/aromatic N) is 1. The van der Waals surface area contributed by atoms with Gasteiger partial charge in [-0.05, 0) is 12.1 Å². The van der Waals surface area contributed by atoms with Crippen LogP contribution >= 0.6 is 0 Å². The molecule has 0 saturated carbocycles. The molecule has 0 bridgehead atoms. The van der Waals surface area contributed by atoms with Crippen LogP contribution in [0.3, 0.4) is 0 Å². The molecule has 2 heterocycles. The molecule has 3 rings (SSSR count). The number of rotatable bonds is 5. The van der Waals surface area contributed by atoms with Crippen LogP contribution < -0.4 is 14.8 Å². The quantitative estimate of drug-likeness (QED) is 0.795. The van der Waals surface area contributed by atoms with Crippen molar-refractivity contribution in [2.75, 3.05) is 45.8 Å². The third kappa shape index (κ3) is 4.08.